The minimum absolute atomic E-state index is 0.0268. The van der Waals surface area contributed by atoms with Crippen molar-refractivity contribution in [3.63, 3.8) is 0 Å². The van der Waals surface area contributed by atoms with Gasteiger partial charge in [-0.2, -0.15) is 0 Å². The van der Waals surface area contributed by atoms with Gasteiger partial charge in [0, 0.05) is 13.1 Å². The van der Waals surface area contributed by atoms with Crippen LogP contribution in [-0.4, -0.2) is 42.4 Å². The SMILES string of the molecule is C=CCOCc1c(C(=O)OCC)c2c(n1C)C(=O)C(OC)=CC2=O. The molecule has 0 N–H and O–H groups in total. The summed E-state index contributed by atoms with van der Waals surface area (Å²) in [6, 6.07) is 0. The van der Waals surface area contributed by atoms with E-state index < -0.39 is 17.5 Å². The zero-order valence-electron chi connectivity index (χ0n) is 13.9. The Kier molecular flexibility index (Phi) is 5.35. The standard InChI is InChI=1S/C17H19NO6/c1-5-7-23-9-10-13(17(21)24-6-2)14-11(19)8-12(22-4)16(20)15(14)18(10)3/h5,8H,1,6-7,9H2,2-4H3. The van der Waals surface area contributed by atoms with Gasteiger partial charge in [0.25, 0.3) is 0 Å². The highest BCUT2D eigenvalue weighted by Crippen LogP contribution is 2.30. The Morgan fingerprint density at radius 1 is 1.38 bits per heavy atom. The minimum Gasteiger partial charge on any atom is -0.492 e. The van der Waals surface area contributed by atoms with E-state index in [0.29, 0.717) is 5.69 Å². The topological polar surface area (TPSA) is 83.8 Å². The first kappa shape index (κ1) is 17.7. The maximum Gasteiger partial charge on any atom is 0.340 e. The summed E-state index contributed by atoms with van der Waals surface area (Å²) in [5.41, 5.74) is 0.578. The van der Waals surface area contributed by atoms with Crippen LogP contribution in [0.3, 0.4) is 0 Å². The second kappa shape index (κ2) is 7.27. The summed E-state index contributed by atoms with van der Waals surface area (Å²) in [6.07, 6.45) is 2.65. The monoisotopic (exact) mass is 333 g/mol. The molecule has 1 aliphatic rings. The number of esters is 1. The average molecular weight is 333 g/mol. The number of ketones is 2. The lowest BCUT2D eigenvalue weighted by Gasteiger charge is -2.13. The molecule has 0 aliphatic heterocycles. The van der Waals surface area contributed by atoms with Gasteiger partial charge in [-0.3, -0.25) is 9.59 Å². The van der Waals surface area contributed by atoms with E-state index in [1.807, 2.05) is 0 Å². The molecule has 0 amide bonds. The molecule has 0 fully saturated rings. The fourth-order valence-electron chi connectivity index (χ4n) is 2.59. The highest BCUT2D eigenvalue weighted by molar-refractivity contribution is 6.26. The van der Waals surface area contributed by atoms with E-state index in [9.17, 15) is 14.4 Å². The molecule has 2 rings (SSSR count). The molecule has 128 valence electrons. The number of carbonyl (C=O) groups is 3. The van der Waals surface area contributed by atoms with Crippen LogP contribution in [0.4, 0.5) is 0 Å². The molecule has 0 atom stereocenters. The highest BCUT2D eigenvalue weighted by Gasteiger charge is 2.37. The molecule has 0 bridgehead atoms. The first-order valence-electron chi connectivity index (χ1n) is 7.39. The molecule has 1 aromatic rings. The van der Waals surface area contributed by atoms with E-state index in [-0.39, 0.29) is 42.4 Å². The van der Waals surface area contributed by atoms with Gasteiger partial charge in [-0.15, -0.1) is 6.58 Å². The molecule has 1 heterocycles. The van der Waals surface area contributed by atoms with Gasteiger partial charge in [-0.05, 0) is 6.92 Å². The summed E-state index contributed by atoms with van der Waals surface area (Å²) >= 11 is 0. The minimum atomic E-state index is -0.665. The second-order valence-electron chi connectivity index (χ2n) is 5.03. The van der Waals surface area contributed by atoms with Crippen molar-refractivity contribution < 1.29 is 28.6 Å². The van der Waals surface area contributed by atoms with Crippen molar-refractivity contribution in [1.82, 2.24) is 4.57 Å². The average Bonchev–Trinajstić information content (AvgIpc) is 2.85. The van der Waals surface area contributed by atoms with E-state index in [1.54, 1.807) is 20.0 Å². The van der Waals surface area contributed by atoms with Crippen molar-refractivity contribution in [3.8, 4) is 0 Å². The second-order valence-corrected chi connectivity index (χ2v) is 5.03. The number of nitrogens with zero attached hydrogens (tertiary/aromatic N) is 1. The molecule has 24 heavy (non-hydrogen) atoms. The largest absolute Gasteiger partial charge is 0.492 e. The van der Waals surface area contributed by atoms with E-state index in [0.717, 1.165) is 6.08 Å². The molecule has 0 aromatic carbocycles. The third-order valence-electron chi connectivity index (χ3n) is 3.64. The third-order valence-corrected chi connectivity index (χ3v) is 3.64. The Morgan fingerprint density at radius 3 is 2.67 bits per heavy atom. The lowest BCUT2D eigenvalue weighted by Crippen LogP contribution is -2.21. The predicted octanol–water partition coefficient (Wildman–Crippen LogP) is 1.81. The summed E-state index contributed by atoms with van der Waals surface area (Å²) in [5, 5.41) is 0. The van der Waals surface area contributed by atoms with Crippen molar-refractivity contribution >= 4 is 17.5 Å². The molecular formula is C17H19NO6. The summed E-state index contributed by atoms with van der Waals surface area (Å²) in [7, 11) is 2.91. The first-order valence-corrected chi connectivity index (χ1v) is 7.39. The van der Waals surface area contributed by atoms with E-state index >= 15 is 0 Å². The van der Waals surface area contributed by atoms with Crippen molar-refractivity contribution in [3.05, 3.63) is 47.0 Å². The van der Waals surface area contributed by atoms with E-state index in [1.165, 1.54) is 11.7 Å². The normalized spacial score (nSPS) is 13.4. The lowest BCUT2D eigenvalue weighted by molar-refractivity contribution is 0.0516. The number of Topliss-reactive ketones (excluding diaryl/α,β-unsaturated/α-hetero) is 1. The van der Waals surface area contributed by atoms with Crippen molar-refractivity contribution in [2.45, 2.75) is 13.5 Å². The van der Waals surface area contributed by atoms with Gasteiger partial charge in [-0.25, -0.2) is 4.79 Å². The molecule has 0 radical (unpaired) electrons. The Balaban J connectivity index is 2.63. The Morgan fingerprint density at radius 2 is 2.08 bits per heavy atom. The Labute approximate surface area is 139 Å². The smallest absolute Gasteiger partial charge is 0.340 e. The first-order chi connectivity index (χ1) is 11.5. The fourth-order valence-corrected chi connectivity index (χ4v) is 2.59. The molecule has 0 saturated carbocycles. The molecule has 7 nitrogen and oxygen atoms in total. The van der Waals surface area contributed by atoms with Crippen LogP contribution in [0, 0.1) is 0 Å². The maximum atomic E-state index is 12.5. The highest BCUT2D eigenvalue weighted by atomic mass is 16.5. The van der Waals surface area contributed by atoms with Crippen LogP contribution < -0.4 is 0 Å². The van der Waals surface area contributed by atoms with Crippen LogP contribution in [0.2, 0.25) is 0 Å². The van der Waals surface area contributed by atoms with Crippen LogP contribution in [0.5, 0.6) is 0 Å². The fraction of sp³-hybridized carbons (Fsp3) is 0.353. The van der Waals surface area contributed by atoms with Gasteiger partial charge in [-0.1, -0.05) is 6.08 Å². The quantitative estimate of drug-likeness (QED) is 0.430. The number of aromatic nitrogens is 1. The van der Waals surface area contributed by atoms with Crippen LogP contribution >= 0.6 is 0 Å². The van der Waals surface area contributed by atoms with E-state index in [2.05, 4.69) is 6.58 Å². The van der Waals surface area contributed by atoms with Crippen molar-refractivity contribution in [2.75, 3.05) is 20.3 Å². The molecule has 1 aromatic heterocycles. The van der Waals surface area contributed by atoms with Gasteiger partial charge in [0.15, 0.2) is 11.5 Å². The molecule has 7 heteroatoms. The summed E-state index contributed by atoms with van der Waals surface area (Å²) in [5.74, 6) is -1.67. The number of carbonyl (C=O) groups excluding carboxylic acids is 3. The van der Waals surface area contributed by atoms with Gasteiger partial charge in [0.2, 0.25) is 5.78 Å². The van der Waals surface area contributed by atoms with Crippen molar-refractivity contribution in [1.29, 1.82) is 0 Å². The van der Waals surface area contributed by atoms with Gasteiger partial charge in [0.1, 0.15) is 5.69 Å². The number of methoxy groups -OCH3 is 1. The summed E-state index contributed by atoms with van der Waals surface area (Å²) in [6.45, 7) is 5.67. The molecule has 0 spiro atoms. The number of ether oxygens (including phenoxy) is 3. The summed E-state index contributed by atoms with van der Waals surface area (Å²) in [4.78, 5) is 37.3. The molecular weight excluding hydrogens is 314 g/mol. The van der Waals surface area contributed by atoms with Crippen LogP contribution in [-0.2, 0) is 27.9 Å². The Hall–Kier alpha value is -2.67. The van der Waals surface area contributed by atoms with Crippen LogP contribution in [0.25, 0.3) is 0 Å². The van der Waals surface area contributed by atoms with Gasteiger partial charge < -0.3 is 18.8 Å². The Bertz CT molecular complexity index is 741. The van der Waals surface area contributed by atoms with E-state index in [4.69, 9.17) is 14.2 Å². The van der Waals surface area contributed by atoms with Gasteiger partial charge >= 0.3 is 5.97 Å². The van der Waals surface area contributed by atoms with Crippen LogP contribution in [0.15, 0.2) is 24.5 Å². The van der Waals surface area contributed by atoms with Crippen LogP contribution in [0.1, 0.15) is 43.8 Å². The maximum absolute atomic E-state index is 12.5. The van der Waals surface area contributed by atoms with Crippen molar-refractivity contribution in [2.24, 2.45) is 7.05 Å². The molecule has 0 saturated heterocycles. The number of fused-ring (bicyclic) bond motifs is 1. The number of allylic oxidation sites excluding steroid dienone is 2. The number of hydrogen-bond acceptors (Lipinski definition) is 6. The van der Waals surface area contributed by atoms with Gasteiger partial charge in [0.05, 0.1) is 43.8 Å². The number of rotatable bonds is 7. The third kappa shape index (κ3) is 2.90. The zero-order chi connectivity index (χ0) is 17.9. The predicted molar refractivity (Wildman–Crippen MR) is 85.0 cm³/mol. The molecule has 0 unspecified atom stereocenters. The zero-order valence-corrected chi connectivity index (χ0v) is 13.9. The lowest BCUT2D eigenvalue weighted by atomic mass is 9.96. The summed E-state index contributed by atoms with van der Waals surface area (Å²) < 4.78 is 16.9. The molecule has 1 aliphatic carbocycles. The number of hydrogen-bond donors (Lipinski definition) is 0.